The summed E-state index contributed by atoms with van der Waals surface area (Å²) in [5.74, 6) is 1.59. The van der Waals surface area contributed by atoms with E-state index < -0.39 is 0 Å². The number of halogens is 1. The van der Waals surface area contributed by atoms with Crippen LogP contribution in [0.4, 0.5) is 0 Å². The van der Waals surface area contributed by atoms with E-state index >= 15 is 0 Å². The maximum atomic E-state index is 9.74. The Kier molecular flexibility index (Phi) is 3.23. The standard InChI is InChI=1S/C14H18BrNO3/c1-14(2)12(5-13(14)17)16-6-8-3-10-11(4-9(8)15)19-7-18-10/h3-4,12-13,16-17H,5-7H2,1-2H3. The van der Waals surface area contributed by atoms with Gasteiger partial charge >= 0.3 is 0 Å². The molecule has 104 valence electrons. The number of rotatable bonds is 3. The predicted molar refractivity (Wildman–Crippen MR) is 75.3 cm³/mol. The molecule has 3 rings (SSSR count). The van der Waals surface area contributed by atoms with E-state index in [0.717, 1.165) is 34.5 Å². The lowest BCUT2D eigenvalue weighted by atomic mass is 9.64. The third-order valence-corrected chi connectivity index (χ3v) is 5.03. The van der Waals surface area contributed by atoms with Crippen LogP contribution >= 0.6 is 15.9 Å². The minimum Gasteiger partial charge on any atom is -0.454 e. The Labute approximate surface area is 121 Å². The van der Waals surface area contributed by atoms with Crippen LogP contribution in [0.25, 0.3) is 0 Å². The molecule has 2 atom stereocenters. The molecule has 0 spiro atoms. The molecule has 0 saturated heterocycles. The van der Waals surface area contributed by atoms with E-state index in [1.54, 1.807) is 0 Å². The molecule has 19 heavy (non-hydrogen) atoms. The fourth-order valence-electron chi connectivity index (χ4n) is 2.58. The van der Waals surface area contributed by atoms with E-state index in [9.17, 15) is 5.11 Å². The summed E-state index contributed by atoms with van der Waals surface area (Å²) in [5, 5.41) is 13.2. The SMILES string of the molecule is CC1(C)C(O)CC1NCc1cc2c(cc1Br)OCO2. The van der Waals surface area contributed by atoms with Gasteiger partial charge in [-0.05, 0) is 24.1 Å². The highest BCUT2D eigenvalue weighted by atomic mass is 79.9. The monoisotopic (exact) mass is 327 g/mol. The fraction of sp³-hybridized carbons (Fsp3) is 0.571. The Hall–Kier alpha value is -0.780. The second-order valence-electron chi connectivity index (χ2n) is 5.80. The second kappa shape index (κ2) is 4.65. The number of aliphatic hydroxyl groups is 1. The van der Waals surface area contributed by atoms with Crippen molar-refractivity contribution in [2.45, 2.75) is 39.0 Å². The van der Waals surface area contributed by atoms with Gasteiger partial charge < -0.3 is 19.9 Å². The van der Waals surface area contributed by atoms with Gasteiger partial charge in [0.1, 0.15) is 0 Å². The summed E-state index contributed by atoms with van der Waals surface area (Å²) in [4.78, 5) is 0. The average molecular weight is 328 g/mol. The molecule has 2 aliphatic rings. The number of fused-ring (bicyclic) bond motifs is 1. The molecule has 4 nitrogen and oxygen atoms in total. The molecule has 1 aromatic carbocycles. The van der Waals surface area contributed by atoms with Crippen LogP contribution in [-0.4, -0.2) is 24.0 Å². The van der Waals surface area contributed by atoms with Gasteiger partial charge in [-0.3, -0.25) is 0 Å². The van der Waals surface area contributed by atoms with Crippen LogP contribution in [0.2, 0.25) is 0 Å². The molecule has 2 N–H and O–H groups in total. The molecule has 0 bridgehead atoms. The number of hydrogen-bond donors (Lipinski definition) is 2. The third-order valence-electron chi connectivity index (χ3n) is 4.30. The molecule has 1 heterocycles. The Morgan fingerprint density at radius 2 is 2.05 bits per heavy atom. The highest BCUT2D eigenvalue weighted by Gasteiger charge is 2.46. The van der Waals surface area contributed by atoms with Crippen molar-refractivity contribution in [2.24, 2.45) is 5.41 Å². The Morgan fingerprint density at radius 1 is 1.37 bits per heavy atom. The zero-order valence-electron chi connectivity index (χ0n) is 11.1. The molecule has 1 fully saturated rings. The first-order valence-corrected chi connectivity index (χ1v) is 7.27. The van der Waals surface area contributed by atoms with Crippen LogP contribution in [0.1, 0.15) is 25.8 Å². The van der Waals surface area contributed by atoms with Gasteiger partial charge in [-0.1, -0.05) is 29.8 Å². The van der Waals surface area contributed by atoms with Crippen molar-refractivity contribution in [3.8, 4) is 11.5 Å². The normalized spacial score (nSPS) is 27.2. The van der Waals surface area contributed by atoms with E-state index in [1.807, 2.05) is 12.1 Å². The molecule has 0 aromatic heterocycles. The lowest BCUT2D eigenvalue weighted by molar-refractivity contribution is -0.0730. The zero-order chi connectivity index (χ0) is 13.6. The molecule has 1 aliphatic heterocycles. The minimum atomic E-state index is -0.204. The van der Waals surface area contributed by atoms with Gasteiger partial charge in [0.25, 0.3) is 0 Å². The minimum absolute atomic E-state index is 0.0528. The van der Waals surface area contributed by atoms with Crippen molar-refractivity contribution in [1.82, 2.24) is 5.32 Å². The van der Waals surface area contributed by atoms with Gasteiger partial charge in [-0.2, -0.15) is 0 Å². The molecular formula is C14H18BrNO3. The first-order valence-electron chi connectivity index (χ1n) is 6.48. The Balaban J connectivity index is 1.68. The topological polar surface area (TPSA) is 50.7 Å². The lowest BCUT2D eigenvalue weighted by Crippen LogP contribution is -2.59. The average Bonchev–Trinajstić information content (AvgIpc) is 2.81. The quantitative estimate of drug-likeness (QED) is 0.895. The molecule has 1 aliphatic carbocycles. The lowest BCUT2D eigenvalue weighted by Gasteiger charge is -2.49. The Morgan fingerprint density at radius 3 is 2.68 bits per heavy atom. The zero-order valence-corrected chi connectivity index (χ0v) is 12.7. The summed E-state index contributed by atoms with van der Waals surface area (Å²) in [5.41, 5.74) is 1.09. The van der Waals surface area contributed by atoms with Gasteiger partial charge in [-0.15, -0.1) is 0 Å². The number of aliphatic hydroxyl groups excluding tert-OH is 1. The fourth-order valence-corrected chi connectivity index (χ4v) is 3.04. The van der Waals surface area contributed by atoms with E-state index in [2.05, 4.69) is 35.1 Å². The molecule has 5 heteroatoms. The van der Waals surface area contributed by atoms with Gasteiger partial charge in [0.05, 0.1) is 6.10 Å². The highest BCUT2D eigenvalue weighted by molar-refractivity contribution is 9.10. The largest absolute Gasteiger partial charge is 0.454 e. The number of benzene rings is 1. The van der Waals surface area contributed by atoms with E-state index in [-0.39, 0.29) is 11.5 Å². The number of hydrogen-bond acceptors (Lipinski definition) is 4. The van der Waals surface area contributed by atoms with Crippen molar-refractivity contribution < 1.29 is 14.6 Å². The first kappa shape index (κ1) is 13.2. The van der Waals surface area contributed by atoms with Crippen LogP contribution in [0.15, 0.2) is 16.6 Å². The summed E-state index contributed by atoms with van der Waals surface area (Å²) in [7, 11) is 0. The molecule has 0 radical (unpaired) electrons. The second-order valence-corrected chi connectivity index (χ2v) is 6.66. The van der Waals surface area contributed by atoms with Crippen molar-refractivity contribution in [3.63, 3.8) is 0 Å². The van der Waals surface area contributed by atoms with Crippen LogP contribution in [0.5, 0.6) is 11.5 Å². The summed E-state index contributed by atoms with van der Waals surface area (Å²) in [6.07, 6.45) is 0.611. The van der Waals surface area contributed by atoms with Crippen molar-refractivity contribution in [1.29, 1.82) is 0 Å². The van der Waals surface area contributed by atoms with E-state index in [1.165, 1.54) is 0 Å². The highest BCUT2D eigenvalue weighted by Crippen LogP contribution is 2.41. The van der Waals surface area contributed by atoms with Gasteiger partial charge in [0.2, 0.25) is 6.79 Å². The third kappa shape index (κ3) is 2.24. The van der Waals surface area contributed by atoms with E-state index in [0.29, 0.717) is 12.8 Å². The van der Waals surface area contributed by atoms with Crippen LogP contribution < -0.4 is 14.8 Å². The summed E-state index contributed by atoms with van der Waals surface area (Å²) < 4.78 is 11.7. The van der Waals surface area contributed by atoms with Crippen LogP contribution in [0, 0.1) is 5.41 Å². The number of ether oxygens (including phenoxy) is 2. The van der Waals surface area contributed by atoms with Crippen molar-refractivity contribution in [2.75, 3.05) is 6.79 Å². The summed E-state index contributed by atoms with van der Waals surface area (Å²) in [6.45, 7) is 5.22. The maximum absolute atomic E-state index is 9.74. The smallest absolute Gasteiger partial charge is 0.231 e. The van der Waals surface area contributed by atoms with Crippen molar-refractivity contribution >= 4 is 15.9 Å². The van der Waals surface area contributed by atoms with E-state index in [4.69, 9.17) is 9.47 Å². The molecule has 2 unspecified atom stereocenters. The van der Waals surface area contributed by atoms with Gasteiger partial charge in [0.15, 0.2) is 11.5 Å². The molecule has 1 saturated carbocycles. The van der Waals surface area contributed by atoms with Crippen molar-refractivity contribution in [3.05, 3.63) is 22.2 Å². The number of nitrogens with one attached hydrogen (secondary N) is 1. The summed E-state index contributed by atoms with van der Waals surface area (Å²) in [6, 6.07) is 4.29. The maximum Gasteiger partial charge on any atom is 0.231 e. The van der Waals surface area contributed by atoms with Crippen LogP contribution in [-0.2, 0) is 6.54 Å². The van der Waals surface area contributed by atoms with Gasteiger partial charge in [0, 0.05) is 22.5 Å². The summed E-state index contributed by atoms with van der Waals surface area (Å²) >= 11 is 3.56. The molecule has 1 aromatic rings. The Bertz CT molecular complexity index is 504. The molecule has 0 amide bonds. The molecular weight excluding hydrogens is 310 g/mol. The van der Waals surface area contributed by atoms with Crippen LogP contribution in [0.3, 0.4) is 0 Å². The first-order chi connectivity index (χ1) is 8.98. The predicted octanol–water partition coefficient (Wildman–Crippen LogP) is 2.43. The van der Waals surface area contributed by atoms with Gasteiger partial charge in [-0.25, -0.2) is 0 Å².